The number of aromatic amines is 1. The van der Waals surface area contributed by atoms with Crippen molar-refractivity contribution in [2.45, 2.75) is 6.54 Å². The summed E-state index contributed by atoms with van der Waals surface area (Å²) in [5.74, 6) is 0. The first-order valence-corrected chi connectivity index (χ1v) is 5.18. The Morgan fingerprint density at radius 1 is 1.47 bits per heavy atom. The van der Waals surface area contributed by atoms with Crippen molar-refractivity contribution in [1.29, 1.82) is 0 Å². The molecule has 0 amide bonds. The fraction of sp³-hybridized carbons (Fsp3) is 0.111. The van der Waals surface area contributed by atoms with Crippen LogP contribution in [0.4, 0.5) is 11.4 Å². The minimum atomic E-state index is 0.615. The van der Waals surface area contributed by atoms with E-state index in [0.717, 1.165) is 15.9 Å². The molecule has 2 heterocycles. The number of halogens is 1. The Hall–Kier alpha value is -1.56. The molecule has 0 aliphatic carbocycles. The first kappa shape index (κ1) is 9.97. The molecule has 0 fully saturated rings. The zero-order chi connectivity index (χ0) is 10.7. The third-order valence-corrected chi connectivity index (χ3v) is 2.54. The van der Waals surface area contributed by atoms with Gasteiger partial charge in [-0.1, -0.05) is 0 Å². The molecule has 0 atom stereocenters. The zero-order valence-electron chi connectivity index (χ0n) is 7.87. The molecule has 0 saturated carbocycles. The molecule has 15 heavy (non-hydrogen) atoms. The summed E-state index contributed by atoms with van der Waals surface area (Å²) in [5.41, 5.74) is 8.24. The second-order valence-corrected chi connectivity index (χ2v) is 3.88. The van der Waals surface area contributed by atoms with Crippen molar-refractivity contribution in [2.75, 3.05) is 11.1 Å². The highest BCUT2D eigenvalue weighted by molar-refractivity contribution is 9.10. The highest BCUT2D eigenvalue weighted by Gasteiger charge is 2.04. The van der Waals surface area contributed by atoms with Crippen LogP contribution in [0, 0.1) is 0 Å². The number of hydrogen-bond acceptors (Lipinski definition) is 4. The van der Waals surface area contributed by atoms with E-state index in [1.165, 1.54) is 0 Å². The molecule has 4 N–H and O–H groups in total. The molecular weight excluding hydrogens is 258 g/mol. The molecule has 0 bridgehead atoms. The molecular formula is C9H10BrN5. The predicted octanol–water partition coefficient (Wildman–Crippen LogP) is 1.76. The molecule has 0 saturated heterocycles. The van der Waals surface area contributed by atoms with Gasteiger partial charge in [-0.05, 0) is 22.0 Å². The summed E-state index contributed by atoms with van der Waals surface area (Å²) in [7, 11) is 0. The van der Waals surface area contributed by atoms with E-state index in [4.69, 9.17) is 5.73 Å². The lowest BCUT2D eigenvalue weighted by Gasteiger charge is -2.09. The van der Waals surface area contributed by atoms with Crippen molar-refractivity contribution in [3.05, 3.63) is 34.8 Å². The summed E-state index contributed by atoms with van der Waals surface area (Å²) in [6.07, 6.45) is 5.02. The van der Waals surface area contributed by atoms with Crippen LogP contribution in [0.2, 0.25) is 0 Å². The number of pyridine rings is 1. The van der Waals surface area contributed by atoms with Gasteiger partial charge in [-0.15, -0.1) is 0 Å². The van der Waals surface area contributed by atoms with Gasteiger partial charge >= 0.3 is 0 Å². The molecule has 0 aromatic carbocycles. The molecule has 2 rings (SSSR count). The van der Waals surface area contributed by atoms with E-state index < -0.39 is 0 Å². The van der Waals surface area contributed by atoms with Crippen LogP contribution in [0.1, 0.15) is 5.69 Å². The Morgan fingerprint density at radius 2 is 2.33 bits per heavy atom. The number of nitrogens with one attached hydrogen (secondary N) is 2. The second kappa shape index (κ2) is 4.31. The van der Waals surface area contributed by atoms with Gasteiger partial charge in [0.15, 0.2) is 0 Å². The Balaban J connectivity index is 2.11. The van der Waals surface area contributed by atoms with Gasteiger partial charge in [0.1, 0.15) is 0 Å². The fourth-order valence-corrected chi connectivity index (χ4v) is 1.69. The van der Waals surface area contributed by atoms with E-state index in [-0.39, 0.29) is 0 Å². The van der Waals surface area contributed by atoms with E-state index in [1.807, 2.05) is 6.07 Å². The van der Waals surface area contributed by atoms with Crippen molar-refractivity contribution in [1.82, 2.24) is 15.2 Å². The van der Waals surface area contributed by atoms with Gasteiger partial charge in [-0.3, -0.25) is 10.1 Å². The summed E-state index contributed by atoms with van der Waals surface area (Å²) in [4.78, 5) is 3.96. The number of aromatic nitrogens is 3. The first-order chi connectivity index (χ1) is 7.27. The van der Waals surface area contributed by atoms with Crippen LogP contribution >= 0.6 is 15.9 Å². The van der Waals surface area contributed by atoms with Crippen LogP contribution in [0.15, 0.2) is 29.1 Å². The van der Waals surface area contributed by atoms with Crippen molar-refractivity contribution < 1.29 is 0 Å². The number of anilines is 2. The standard InChI is InChI=1S/C9H10BrN5/c10-7-4-12-5-8(11)9(7)13-3-6-1-2-14-15-6/h1-2,4-5H,3,11H2,(H,12,13)(H,14,15). The van der Waals surface area contributed by atoms with E-state index in [9.17, 15) is 0 Å². The number of nitrogens with zero attached hydrogens (tertiary/aromatic N) is 2. The minimum Gasteiger partial charge on any atom is -0.396 e. The molecule has 0 radical (unpaired) electrons. The van der Waals surface area contributed by atoms with Crippen molar-refractivity contribution in [3.8, 4) is 0 Å². The number of rotatable bonds is 3. The Bertz CT molecular complexity index is 420. The molecule has 2 aromatic rings. The number of hydrogen-bond donors (Lipinski definition) is 3. The fourth-order valence-electron chi connectivity index (χ4n) is 1.20. The molecule has 2 aromatic heterocycles. The first-order valence-electron chi connectivity index (χ1n) is 4.38. The summed E-state index contributed by atoms with van der Waals surface area (Å²) < 4.78 is 0.849. The summed E-state index contributed by atoms with van der Waals surface area (Å²) >= 11 is 3.38. The molecule has 0 spiro atoms. The highest BCUT2D eigenvalue weighted by atomic mass is 79.9. The summed E-state index contributed by atoms with van der Waals surface area (Å²) in [6.45, 7) is 0.646. The summed E-state index contributed by atoms with van der Waals surface area (Å²) in [6, 6.07) is 1.90. The van der Waals surface area contributed by atoms with Crippen LogP contribution in [-0.4, -0.2) is 15.2 Å². The highest BCUT2D eigenvalue weighted by Crippen LogP contribution is 2.27. The molecule has 5 nitrogen and oxygen atoms in total. The molecule has 0 unspecified atom stereocenters. The SMILES string of the molecule is Nc1cncc(Br)c1NCc1ccn[nH]1. The van der Waals surface area contributed by atoms with Crippen LogP contribution < -0.4 is 11.1 Å². The molecule has 0 aliphatic heterocycles. The van der Waals surface area contributed by atoms with Gasteiger partial charge in [0.25, 0.3) is 0 Å². The second-order valence-electron chi connectivity index (χ2n) is 3.02. The Morgan fingerprint density at radius 3 is 3.00 bits per heavy atom. The number of nitrogens with two attached hydrogens (primary N) is 1. The normalized spacial score (nSPS) is 10.2. The van der Waals surface area contributed by atoms with Crippen molar-refractivity contribution in [3.63, 3.8) is 0 Å². The monoisotopic (exact) mass is 267 g/mol. The molecule has 78 valence electrons. The van der Waals surface area contributed by atoms with Gasteiger partial charge in [-0.25, -0.2) is 0 Å². The van der Waals surface area contributed by atoms with E-state index in [1.54, 1.807) is 18.6 Å². The Kier molecular flexibility index (Phi) is 2.86. The number of H-pyrrole nitrogens is 1. The van der Waals surface area contributed by atoms with Crippen molar-refractivity contribution in [2.24, 2.45) is 0 Å². The topological polar surface area (TPSA) is 79.6 Å². The van der Waals surface area contributed by atoms with E-state index in [0.29, 0.717) is 12.2 Å². The van der Waals surface area contributed by atoms with E-state index >= 15 is 0 Å². The zero-order valence-corrected chi connectivity index (χ0v) is 9.45. The average molecular weight is 268 g/mol. The summed E-state index contributed by atoms with van der Waals surface area (Å²) in [5, 5.41) is 9.92. The lowest BCUT2D eigenvalue weighted by Crippen LogP contribution is -2.04. The van der Waals surface area contributed by atoms with Gasteiger partial charge in [0.05, 0.1) is 34.3 Å². The maximum absolute atomic E-state index is 5.78. The van der Waals surface area contributed by atoms with Crippen molar-refractivity contribution >= 4 is 27.3 Å². The van der Waals surface area contributed by atoms with Crippen LogP contribution in [0.5, 0.6) is 0 Å². The van der Waals surface area contributed by atoms with E-state index in [2.05, 4.69) is 36.4 Å². The smallest absolute Gasteiger partial charge is 0.0753 e. The quantitative estimate of drug-likeness (QED) is 0.792. The lowest BCUT2D eigenvalue weighted by atomic mass is 10.3. The van der Waals surface area contributed by atoms with Gasteiger partial charge in [0.2, 0.25) is 0 Å². The third-order valence-electron chi connectivity index (χ3n) is 1.94. The van der Waals surface area contributed by atoms with Gasteiger partial charge in [0, 0.05) is 12.4 Å². The molecule has 0 aliphatic rings. The van der Waals surface area contributed by atoms with Crippen LogP contribution in [0.25, 0.3) is 0 Å². The minimum absolute atomic E-state index is 0.615. The lowest BCUT2D eigenvalue weighted by molar-refractivity contribution is 0.980. The maximum atomic E-state index is 5.78. The van der Waals surface area contributed by atoms with Gasteiger partial charge in [-0.2, -0.15) is 5.10 Å². The van der Waals surface area contributed by atoms with Crippen LogP contribution in [-0.2, 0) is 6.54 Å². The molecule has 6 heteroatoms. The third kappa shape index (κ3) is 2.27. The number of nitrogen functional groups attached to an aromatic ring is 1. The predicted molar refractivity (Wildman–Crippen MR) is 62.3 cm³/mol. The van der Waals surface area contributed by atoms with Gasteiger partial charge < -0.3 is 11.1 Å². The maximum Gasteiger partial charge on any atom is 0.0753 e. The average Bonchev–Trinajstić information content (AvgIpc) is 2.70. The largest absolute Gasteiger partial charge is 0.396 e. The Labute approximate surface area is 95.2 Å². The van der Waals surface area contributed by atoms with Crippen LogP contribution in [0.3, 0.4) is 0 Å².